The third-order valence-electron chi connectivity index (χ3n) is 1.78. The van der Waals surface area contributed by atoms with Crippen LogP contribution in [0.5, 0.6) is 0 Å². The van der Waals surface area contributed by atoms with E-state index in [0.717, 1.165) is 24.9 Å². The van der Waals surface area contributed by atoms with E-state index in [1.54, 1.807) is 0 Å². The molecule has 1 aromatic heterocycles. The van der Waals surface area contributed by atoms with Gasteiger partial charge in [-0.15, -0.1) is 0 Å². The lowest BCUT2D eigenvalue weighted by Gasteiger charge is -2.03. The Morgan fingerprint density at radius 1 is 1.38 bits per heavy atom. The third-order valence-corrected chi connectivity index (χ3v) is 1.78. The van der Waals surface area contributed by atoms with Crippen LogP contribution in [0.4, 0.5) is 5.95 Å². The Kier molecular flexibility index (Phi) is 4.18. The molecule has 0 amide bonds. The van der Waals surface area contributed by atoms with Gasteiger partial charge >= 0.3 is 0 Å². The van der Waals surface area contributed by atoms with E-state index in [4.69, 9.17) is 5.73 Å². The molecule has 1 aromatic rings. The van der Waals surface area contributed by atoms with E-state index in [1.807, 2.05) is 12.4 Å². The smallest absolute Gasteiger partial charge is 0.222 e. The largest absolute Gasteiger partial charge is 0.354 e. The van der Waals surface area contributed by atoms with Gasteiger partial charge in [0.15, 0.2) is 0 Å². The van der Waals surface area contributed by atoms with E-state index in [0.29, 0.717) is 12.5 Å². The summed E-state index contributed by atoms with van der Waals surface area (Å²) in [5, 5.41) is 3.09. The van der Waals surface area contributed by atoms with Crippen molar-refractivity contribution in [1.82, 2.24) is 9.97 Å². The Hall–Kier alpha value is -1.16. The summed E-state index contributed by atoms with van der Waals surface area (Å²) in [5.41, 5.74) is 6.51. The maximum atomic E-state index is 5.36. The molecule has 3 N–H and O–H groups in total. The first-order valence-corrected chi connectivity index (χ1v) is 4.61. The molecule has 0 aliphatic rings. The minimum absolute atomic E-state index is 0.686. The van der Waals surface area contributed by atoms with Gasteiger partial charge in [-0.1, -0.05) is 6.92 Å². The van der Waals surface area contributed by atoms with Crippen molar-refractivity contribution >= 4 is 5.95 Å². The average Bonchev–Trinajstić information content (AvgIpc) is 2.19. The second kappa shape index (κ2) is 5.48. The van der Waals surface area contributed by atoms with Crippen molar-refractivity contribution in [3.8, 4) is 0 Å². The molecule has 4 nitrogen and oxygen atoms in total. The molecule has 13 heavy (non-hydrogen) atoms. The highest BCUT2D eigenvalue weighted by Crippen LogP contribution is 2.00. The van der Waals surface area contributed by atoms with Gasteiger partial charge < -0.3 is 11.1 Å². The molecule has 4 heteroatoms. The standard InChI is InChI=1S/C9H16N4/c1-2-8-6-12-9(13-7-8)11-5-3-4-10/h6-7H,2-5,10H2,1H3,(H,11,12,13). The van der Waals surface area contributed by atoms with Crippen LogP contribution in [0.15, 0.2) is 12.4 Å². The van der Waals surface area contributed by atoms with Crippen LogP contribution in [0.2, 0.25) is 0 Å². The van der Waals surface area contributed by atoms with Crippen molar-refractivity contribution in [1.29, 1.82) is 0 Å². The van der Waals surface area contributed by atoms with Crippen LogP contribution in [0.25, 0.3) is 0 Å². The summed E-state index contributed by atoms with van der Waals surface area (Å²) in [7, 11) is 0. The van der Waals surface area contributed by atoms with E-state index in [1.165, 1.54) is 0 Å². The van der Waals surface area contributed by atoms with Gasteiger partial charge in [-0.25, -0.2) is 9.97 Å². The first kappa shape index (κ1) is 9.92. The second-order valence-electron chi connectivity index (χ2n) is 2.84. The minimum Gasteiger partial charge on any atom is -0.354 e. The fourth-order valence-corrected chi connectivity index (χ4v) is 0.931. The van der Waals surface area contributed by atoms with E-state index in [-0.39, 0.29) is 0 Å². The number of anilines is 1. The summed E-state index contributed by atoms with van der Waals surface area (Å²) >= 11 is 0. The van der Waals surface area contributed by atoms with Gasteiger partial charge in [-0.3, -0.25) is 0 Å². The molecular weight excluding hydrogens is 164 g/mol. The van der Waals surface area contributed by atoms with Crippen LogP contribution >= 0.6 is 0 Å². The SMILES string of the molecule is CCc1cnc(NCCCN)nc1. The van der Waals surface area contributed by atoms with Crippen LogP contribution in [-0.4, -0.2) is 23.1 Å². The van der Waals surface area contributed by atoms with Crippen molar-refractivity contribution in [2.75, 3.05) is 18.4 Å². The summed E-state index contributed by atoms with van der Waals surface area (Å²) in [6.07, 6.45) is 5.61. The molecule has 0 aliphatic heterocycles. The maximum Gasteiger partial charge on any atom is 0.222 e. The van der Waals surface area contributed by atoms with Crippen molar-refractivity contribution in [3.63, 3.8) is 0 Å². The molecule has 0 bridgehead atoms. The topological polar surface area (TPSA) is 63.8 Å². The van der Waals surface area contributed by atoms with Crippen LogP contribution in [0.1, 0.15) is 18.9 Å². The predicted octanol–water partition coefficient (Wildman–Crippen LogP) is 0.800. The van der Waals surface area contributed by atoms with Crippen LogP contribution in [0.3, 0.4) is 0 Å². The molecule has 0 radical (unpaired) electrons. The predicted molar refractivity (Wildman–Crippen MR) is 53.6 cm³/mol. The van der Waals surface area contributed by atoms with Gasteiger partial charge in [0.25, 0.3) is 0 Å². The molecule has 1 rings (SSSR count). The van der Waals surface area contributed by atoms with Gasteiger partial charge in [0, 0.05) is 18.9 Å². The molecule has 0 atom stereocenters. The Bertz CT molecular complexity index is 232. The maximum absolute atomic E-state index is 5.36. The van der Waals surface area contributed by atoms with E-state index in [9.17, 15) is 0 Å². The van der Waals surface area contributed by atoms with E-state index >= 15 is 0 Å². The van der Waals surface area contributed by atoms with Gasteiger partial charge in [0.1, 0.15) is 0 Å². The zero-order chi connectivity index (χ0) is 9.52. The first-order valence-electron chi connectivity index (χ1n) is 4.61. The Balaban J connectivity index is 2.40. The van der Waals surface area contributed by atoms with Gasteiger partial charge in [0.2, 0.25) is 5.95 Å². The average molecular weight is 180 g/mol. The molecule has 0 saturated heterocycles. The monoisotopic (exact) mass is 180 g/mol. The minimum atomic E-state index is 0.686. The normalized spacial score (nSPS) is 10.0. The molecule has 0 spiro atoms. The van der Waals surface area contributed by atoms with Crippen molar-refractivity contribution in [2.24, 2.45) is 5.73 Å². The number of hydrogen-bond acceptors (Lipinski definition) is 4. The van der Waals surface area contributed by atoms with Crippen molar-refractivity contribution in [2.45, 2.75) is 19.8 Å². The fraction of sp³-hybridized carbons (Fsp3) is 0.556. The number of nitrogens with one attached hydrogen (secondary N) is 1. The number of nitrogens with zero attached hydrogens (tertiary/aromatic N) is 2. The highest BCUT2D eigenvalue weighted by Gasteiger charge is 1.94. The lowest BCUT2D eigenvalue weighted by molar-refractivity contribution is 0.862. The summed E-state index contributed by atoms with van der Waals surface area (Å²) in [6.45, 7) is 3.61. The van der Waals surface area contributed by atoms with E-state index in [2.05, 4.69) is 22.2 Å². The number of rotatable bonds is 5. The van der Waals surface area contributed by atoms with Gasteiger partial charge in [-0.2, -0.15) is 0 Å². The Morgan fingerprint density at radius 2 is 2.08 bits per heavy atom. The highest BCUT2D eigenvalue weighted by molar-refractivity contribution is 5.24. The van der Waals surface area contributed by atoms with E-state index < -0.39 is 0 Å². The quantitative estimate of drug-likeness (QED) is 0.658. The molecule has 1 heterocycles. The number of nitrogens with two attached hydrogens (primary N) is 1. The molecule has 0 aromatic carbocycles. The summed E-state index contributed by atoms with van der Waals surface area (Å²) in [5.74, 6) is 0.686. The van der Waals surface area contributed by atoms with Crippen LogP contribution in [-0.2, 0) is 6.42 Å². The summed E-state index contributed by atoms with van der Waals surface area (Å²) in [6, 6.07) is 0. The van der Waals surface area contributed by atoms with Crippen LogP contribution < -0.4 is 11.1 Å². The molecule has 72 valence electrons. The third kappa shape index (κ3) is 3.38. The van der Waals surface area contributed by atoms with Gasteiger partial charge in [0.05, 0.1) is 0 Å². The highest BCUT2D eigenvalue weighted by atomic mass is 15.1. The number of aryl methyl sites for hydroxylation is 1. The zero-order valence-electron chi connectivity index (χ0n) is 7.95. The first-order chi connectivity index (χ1) is 6.36. The molecule has 0 fully saturated rings. The lowest BCUT2D eigenvalue weighted by atomic mass is 10.3. The molecule has 0 aliphatic carbocycles. The Labute approximate surface area is 78.6 Å². The number of aromatic nitrogens is 2. The zero-order valence-corrected chi connectivity index (χ0v) is 7.95. The second-order valence-corrected chi connectivity index (χ2v) is 2.84. The number of hydrogen-bond donors (Lipinski definition) is 2. The molecule has 0 unspecified atom stereocenters. The molecule has 0 saturated carbocycles. The lowest BCUT2D eigenvalue weighted by Crippen LogP contribution is -2.10. The Morgan fingerprint density at radius 3 is 2.62 bits per heavy atom. The van der Waals surface area contributed by atoms with Crippen LogP contribution in [0, 0.1) is 0 Å². The van der Waals surface area contributed by atoms with Crippen molar-refractivity contribution in [3.05, 3.63) is 18.0 Å². The molecular formula is C9H16N4. The summed E-state index contributed by atoms with van der Waals surface area (Å²) < 4.78 is 0. The fourth-order valence-electron chi connectivity index (χ4n) is 0.931. The van der Waals surface area contributed by atoms with Gasteiger partial charge in [-0.05, 0) is 24.9 Å². The van der Waals surface area contributed by atoms with Crippen molar-refractivity contribution < 1.29 is 0 Å². The summed E-state index contributed by atoms with van der Waals surface area (Å²) in [4.78, 5) is 8.32.